The highest BCUT2D eigenvalue weighted by Crippen LogP contribution is 2.59. The Balaban J connectivity index is 1.72. The normalized spacial score (nSPS) is 42.8. The Bertz CT molecular complexity index is 811. The Morgan fingerprint density at radius 1 is 1.04 bits per heavy atom. The van der Waals surface area contributed by atoms with E-state index in [0.717, 1.165) is 28.7 Å². The number of hydrogen-bond acceptors (Lipinski definition) is 4. The van der Waals surface area contributed by atoms with E-state index in [1.807, 2.05) is 11.0 Å². The van der Waals surface area contributed by atoms with Gasteiger partial charge in [0.1, 0.15) is 5.78 Å². The van der Waals surface area contributed by atoms with Gasteiger partial charge in [0.15, 0.2) is 5.66 Å². The maximum absolute atomic E-state index is 13.8. The number of anilines is 1. The lowest BCUT2D eigenvalue weighted by atomic mass is 9.60. The lowest BCUT2D eigenvalue weighted by molar-refractivity contribution is -0.228. The summed E-state index contributed by atoms with van der Waals surface area (Å²) in [5.41, 5.74) is 0.605. The summed E-state index contributed by atoms with van der Waals surface area (Å²) >= 11 is 3.60. The molecule has 1 spiro atoms. The molecule has 0 saturated carbocycles. The van der Waals surface area contributed by atoms with E-state index in [-0.39, 0.29) is 16.7 Å². The number of fused-ring (bicyclic) bond motifs is 1. The first-order valence-electron chi connectivity index (χ1n) is 9.43. The van der Waals surface area contributed by atoms with Crippen molar-refractivity contribution in [2.45, 2.75) is 32.9 Å². The van der Waals surface area contributed by atoms with Gasteiger partial charge in [0, 0.05) is 42.8 Å². The summed E-state index contributed by atoms with van der Waals surface area (Å²) in [6.07, 6.45) is 0.922. The summed E-state index contributed by atoms with van der Waals surface area (Å²) in [4.78, 5) is 33.4. The van der Waals surface area contributed by atoms with Crippen molar-refractivity contribution >= 4 is 33.3 Å². The van der Waals surface area contributed by atoms with Gasteiger partial charge in [-0.2, -0.15) is 0 Å². The molecule has 26 heavy (non-hydrogen) atoms. The van der Waals surface area contributed by atoms with Crippen LogP contribution in [-0.2, 0) is 15.3 Å². The maximum atomic E-state index is 13.8. The molecule has 0 radical (unpaired) electrons. The summed E-state index contributed by atoms with van der Waals surface area (Å²) in [6.45, 7) is 9.63. The van der Waals surface area contributed by atoms with Crippen LogP contribution in [0.1, 0.15) is 32.8 Å². The number of carbonyl (C=O) groups is 2. The van der Waals surface area contributed by atoms with Crippen LogP contribution in [0.3, 0.4) is 0 Å². The molecule has 0 aliphatic carbocycles. The minimum Gasteiger partial charge on any atom is -0.309 e. The highest BCUT2D eigenvalue weighted by atomic mass is 79.9. The molecule has 6 heteroatoms. The molecule has 1 aromatic carbocycles. The Morgan fingerprint density at radius 2 is 1.62 bits per heavy atom. The lowest BCUT2D eigenvalue weighted by Crippen LogP contribution is -2.83. The summed E-state index contributed by atoms with van der Waals surface area (Å²) in [5.74, 6) is 0.531. The number of carbonyl (C=O) groups excluding carboxylic acids is 2. The Morgan fingerprint density at radius 3 is 2.15 bits per heavy atom. The van der Waals surface area contributed by atoms with Gasteiger partial charge >= 0.3 is 0 Å². The van der Waals surface area contributed by atoms with Crippen LogP contribution in [0, 0.1) is 10.8 Å². The van der Waals surface area contributed by atoms with Crippen molar-refractivity contribution in [1.29, 1.82) is 0 Å². The van der Waals surface area contributed by atoms with Gasteiger partial charge in [-0.3, -0.25) is 19.4 Å². The van der Waals surface area contributed by atoms with E-state index in [0.29, 0.717) is 32.0 Å². The highest BCUT2D eigenvalue weighted by molar-refractivity contribution is 9.10. The number of halogens is 1. The molecule has 5 nitrogen and oxygen atoms in total. The molecule has 4 bridgehead atoms. The molecule has 5 aliphatic heterocycles. The van der Waals surface area contributed by atoms with Gasteiger partial charge in [0.25, 0.3) is 5.91 Å². The fourth-order valence-electron chi connectivity index (χ4n) is 6.06. The van der Waals surface area contributed by atoms with E-state index in [2.05, 4.69) is 58.6 Å². The van der Waals surface area contributed by atoms with Crippen molar-refractivity contribution in [3.8, 4) is 0 Å². The molecule has 5 aliphatic rings. The molecule has 6 rings (SSSR count). The molecule has 4 saturated heterocycles. The molecule has 0 aromatic heterocycles. The van der Waals surface area contributed by atoms with Crippen LogP contribution in [-0.4, -0.2) is 54.2 Å². The average molecular weight is 418 g/mol. The molecular formula is C20H24BrN3O2. The van der Waals surface area contributed by atoms with Gasteiger partial charge in [-0.1, -0.05) is 36.7 Å². The van der Waals surface area contributed by atoms with Gasteiger partial charge < -0.3 is 4.90 Å². The third kappa shape index (κ3) is 1.74. The first kappa shape index (κ1) is 16.9. The second-order valence-electron chi connectivity index (χ2n) is 8.95. The van der Waals surface area contributed by atoms with E-state index >= 15 is 0 Å². The lowest BCUT2D eigenvalue weighted by Gasteiger charge is -2.68. The molecule has 0 unspecified atom stereocenters. The van der Waals surface area contributed by atoms with Crippen LogP contribution in [0.2, 0.25) is 0 Å². The van der Waals surface area contributed by atoms with Crippen LogP contribution < -0.4 is 4.90 Å². The Kier molecular flexibility index (Phi) is 3.23. The molecule has 5 heterocycles. The number of ketones is 1. The molecule has 1 amide bonds. The van der Waals surface area contributed by atoms with Gasteiger partial charge in [0.2, 0.25) is 0 Å². The van der Waals surface area contributed by atoms with E-state index in [9.17, 15) is 9.59 Å². The van der Waals surface area contributed by atoms with Crippen LogP contribution in [0.4, 0.5) is 5.69 Å². The zero-order valence-corrected chi connectivity index (χ0v) is 17.1. The molecular weight excluding hydrogens is 394 g/mol. The molecule has 1 aromatic rings. The van der Waals surface area contributed by atoms with Gasteiger partial charge in [-0.15, -0.1) is 0 Å². The van der Waals surface area contributed by atoms with Crippen molar-refractivity contribution in [3.63, 3.8) is 0 Å². The number of nitrogens with zero attached hydrogens (tertiary/aromatic N) is 3. The fourth-order valence-corrected chi connectivity index (χ4v) is 6.42. The second-order valence-corrected chi connectivity index (χ2v) is 9.87. The summed E-state index contributed by atoms with van der Waals surface area (Å²) < 4.78 is 0.992. The number of piperidine rings is 2. The summed E-state index contributed by atoms with van der Waals surface area (Å²) in [5, 5.41) is 0. The number of hydrogen-bond donors (Lipinski definition) is 0. The zero-order valence-electron chi connectivity index (χ0n) is 15.5. The minimum atomic E-state index is -0.742. The topological polar surface area (TPSA) is 43.9 Å². The van der Waals surface area contributed by atoms with E-state index in [1.165, 1.54) is 0 Å². The molecule has 0 N–H and O–H groups in total. The third-order valence-electron chi connectivity index (χ3n) is 6.79. The van der Waals surface area contributed by atoms with E-state index in [1.54, 1.807) is 0 Å². The predicted molar refractivity (Wildman–Crippen MR) is 103 cm³/mol. The highest BCUT2D eigenvalue weighted by Gasteiger charge is 2.72. The Labute approximate surface area is 162 Å². The standard InChI is InChI=1S/C20H24BrN3O2/c1-4-7-24-15-6-5-13(21)8-14(15)20(17(24)26)22-9-18(2)10-23(20)12-19(3,11-22)16(18)25/h5-6,8H,4,7,9-12H2,1-3H3. The monoisotopic (exact) mass is 417 g/mol. The first-order valence-corrected chi connectivity index (χ1v) is 10.2. The van der Waals surface area contributed by atoms with Crippen LogP contribution in [0.15, 0.2) is 22.7 Å². The SMILES string of the molecule is CCCN1C(=O)C2(c3cc(Br)ccc31)N1CC3(C)CN2CC(C)(C1)C3=O. The fraction of sp³-hybridized carbons (Fsp3) is 0.600. The Hall–Kier alpha value is -1.24. The van der Waals surface area contributed by atoms with Crippen molar-refractivity contribution in [2.75, 3.05) is 37.6 Å². The number of Topliss-reactive ketones (excluding diaryl/α,β-unsaturated/α-hetero) is 1. The van der Waals surface area contributed by atoms with Crippen LogP contribution in [0.25, 0.3) is 0 Å². The average Bonchev–Trinajstić information content (AvgIpc) is 2.79. The zero-order chi connectivity index (χ0) is 18.5. The number of rotatable bonds is 2. The van der Waals surface area contributed by atoms with Crippen LogP contribution >= 0.6 is 15.9 Å². The van der Waals surface area contributed by atoms with Gasteiger partial charge in [-0.05, 0) is 24.6 Å². The third-order valence-corrected chi connectivity index (χ3v) is 7.28. The minimum absolute atomic E-state index is 0.158. The van der Waals surface area contributed by atoms with Crippen molar-refractivity contribution in [3.05, 3.63) is 28.2 Å². The molecule has 0 atom stereocenters. The first-order chi connectivity index (χ1) is 12.3. The smallest absolute Gasteiger partial charge is 0.267 e. The molecule has 138 valence electrons. The largest absolute Gasteiger partial charge is 0.309 e. The summed E-state index contributed by atoms with van der Waals surface area (Å²) in [6, 6.07) is 6.18. The maximum Gasteiger partial charge on any atom is 0.267 e. The van der Waals surface area contributed by atoms with Crippen molar-refractivity contribution < 1.29 is 9.59 Å². The second kappa shape index (κ2) is 4.97. The van der Waals surface area contributed by atoms with Crippen molar-refractivity contribution in [2.24, 2.45) is 10.8 Å². The van der Waals surface area contributed by atoms with Gasteiger partial charge in [0.05, 0.1) is 16.5 Å². The summed E-state index contributed by atoms with van der Waals surface area (Å²) in [7, 11) is 0. The number of benzene rings is 1. The van der Waals surface area contributed by atoms with E-state index < -0.39 is 5.66 Å². The molecule has 4 fully saturated rings. The van der Waals surface area contributed by atoms with Crippen molar-refractivity contribution in [1.82, 2.24) is 9.80 Å². The number of amides is 1. The van der Waals surface area contributed by atoms with E-state index in [4.69, 9.17) is 0 Å². The van der Waals surface area contributed by atoms with Crippen LogP contribution in [0.5, 0.6) is 0 Å². The quantitative estimate of drug-likeness (QED) is 0.741. The predicted octanol–water partition coefficient (Wildman–Crippen LogP) is 2.59. The van der Waals surface area contributed by atoms with Gasteiger partial charge in [-0.25, -0.2) is 0 Å².